The molecular weight excluding hydrogens is 478 g/mol. The number of methoxy groups -OCH3 is 1. The molecule has 37 heavy (non-hydrogen) atoms. The standard InChI is InChI=1S/C27H27N3O7/c1-17(2)22-11-5-18(3)13-24(22)36-16-26(31)29-28-15-19-6-12-23(25(14-19)35-4)37-27(32)20-7-9-21(10-8-20)30(33)34/h5-15,17H,16H2,1-4H3,(H,29,31)/b28-15-. The number of amides is 1. The number of nitro benzene ring substituents is 1. The van der Waals surface area contributed by atoms with E-state index in [0.717, 1.165) is 11.1 Å². The molecule has 0 fully saturated rings. The highest BCUT2D eigenvalue weighted by molar-refractivity contribution is 5.92. The average molecular weight is 506 g/mol. The largest absolute Gasteiger partial charge is 0.493 e. The first-order valence-electron chi connectivity index (χ1n) is 11.4. The Morgan fingerprint density at radius 1 is 1.03 bits per heavy atom. The van der Waals surface area contributed by atoms with Gasteiger partial charge in [-0.15, -0.1) is 0 Å². The average Bonchev–Trinajstić information content (AvgIpc) is 2.88. The molecule has 0 aliphatic rings. The topological polar surface area (TPSA) is 129 Å². The van der Waals surface area contributed by atoms with E-state index in [1.807, 2.05) is 25.1 Å². The van der Waals surface area contributed by atoms with Crippen molar-refractivity contribution in [3.63, 3.8) is 0 Å². The molecule has 1 amide bonds. The molecule has 0 aliphatic carbocycles. The number of benzene rings is 3. The van der Waals surface area contributed by atoms with Crippen LogP contribution in [0.5, 0.6) is 17.2 Å². The lowest BCUT2D eigenvalue weighted by Gasteiger charge is -2.14. The van der Waals surface area contributed by atoms with Gasteiger partial charge in [0.2, 0.25) is 0 Å². The molecule has 0 bridgehead atoms. The predicted molar refractivity (Wildman–Crippen MR) is 138 cm³/mol. The third-order valence-corrected chi connectivity index (χ3v) is 5.26. The minimum atomic E-state index is -0.698. The summed E-state index contributed by atoms with van der Waals surface area (Å²) in [7, 11) is 1.41. The van der Waals surface area contributed by atoms with Gasteiger partial charge in [-0.1, -0.05) is 26.0 Å². The number of hydrazone groups is 1. The van der Waals surface area contributed by atoms with Crippen molar-refractivity contribution in [3.8, 4) is 17.2 Å². The number of nitrogens with zero attached hydrogens (tertiary/aromatic N) is 2. The van der Waals surface area contributed by atoms with Crippen LogP contribution in [0, 0.1) is 17.0 Å². The lowest BCUT2D eigenvalue weighted by Crippen LogP contribution is -2.25. The molecule has 3 aromatic rings. The number of rotatable bonds is 10. The molecule has 0 heterocycles. The van der Waals surface area contributed by atoms with E-state index < -0.39 is 16.8 Å². The van der Waals surface area contributed by atoms with Crippen LogP contribution in [0.25, 0.3) is 0 Å². The molecule has 0 spiro atoms. The first-order valence-corrected chi connectivity index (χ1v) is 11.4. The molecule has 0 atom stereocenters. The Hall–Kier alpha value is -4.73. The molecule has 0 aliphatic heterocycles. The van der Waals surface area contributed by atoms with Gasteiger partial charge in [-0.05, 0) is 65.9 Å². The van der Waals surface area contributed by atoms with Gasteiger partial charge in [-0.3, -0.25) is 14.9 Å². The Balaban J connectivity index is 1.58. The molecule has 0 saturated carbocycles. The summed E-state index contributed by atoms with van der Waals surface area (Å²) in [6.45, 7) is 5.87. The summed E-state index contributed by atoms with van der Waals surface area (Å²) >= 11 is 0. The van der Waals surface area contributed by atoms with Gasteiger partial charge in [0.05, 0.1) is 23.8 Å². The number of carbonyl (C=O) groups is 2. The fourth-order valence-corrected chi connectivity index (χ4v) is 3.32. The molecule has 0 unspecified atom stereocenters. The van der Waals surface area contributed by atoms with Gasteiger partial charge in [0, 0.05) is 12.1 Å². The summed E-state index contributed by atoms with van der Waals surface area (Å²) in [6.07, 6.45) is 1.41. The minimum absolute atomic E-state index is 0.133. The van der Waals surface area contributed by atoms with Crippen LogP contribution in [0.15, 0.2) is 65.8 Å². The number of carbonyl (C=O) groups excluding carboxylic acids is 2. The fraction of sp³-hybridized carbons (Fsp3) is 0.222. The van der Waals surface area contributed by atoms with Gasteiger partial charge in [0.1, 0.15) is 5.75 Å². The van der Waals surface area contributed by atoms with Crippen molar-refractivity contribution >= 4 is 23.8 Å². The highest BCUT2D eigenvalue weighted by atomic mass is 16.6. The highest BCUT2D eigenvalue weighted by Gasteiger charge is 2.15. The third kappa shape index (κ3) is 7.38. The quantitative estimate of drug-likeness (QED) is 0.138. The summed E-state index contributed by atoms with van der Waals surface area (Å²) in [4.78, 5) is 34.8. The smallest absolute Gasteiger partial charge is 0.343 e. The number of esters is 1. The van der Waals surface area contributed by atoms with Crippen LogP contribution in [0.4, 0.5) is 5.69 Å². The van der Waals surface area contributed by atoms with Gasteiger partial charge in [0.25, 0.3) is 11.6 Å². The number of aryl methyl sites for hydroxylation is 1. The van der Waals surface area contributed by atoms with Gasteiger partial charge in [-0.25, -0.2) is 10.2 Å². The molecule has 10 heteroatoms. The van der Waals surface area contributed by atoms with Crippen molar-refractivity contribution in [2.75, 3.05) is 13.7 Å². The second kappa shape index (κ2) is 12.3. The zero-order chi connectivity index (χ0) is 26.9. The first kappa shape index (κ1) is 26.9. The molecule has 0 aromatic heterocycles. The van der Waals surface area contributed by atoms with E-state index in [0.29, 0.717) is 11.3 Å². The van der Waals surface area contributed by atoms with Crippen molar-refractivity contribution in [2.45, 2.75) is 26.7 Å². The summed E-state index contributed by atoms with van der Waals surface area (Å²) < 4.78 is 16.4. The Bertz CT molecular complexity index is 1320. The maximum Gasteiger partial charge on any atom is 0.343 e. The number of non-ortho nitro benzene ring substituents is 1. The van der Waals surface area contributed by atoms with Crippen LogP contribution in [0.2, 0.25) is 0 Å². The molecule has 3 aromatic carbocycles. The van der Waals surface area contributed by atoms with Crippen molar-refractivity contribution in [3.05, 3.63) is 93.0 Å². The number of nitrogens with one attached hydrogen (secondary N) is 1. The van der Waals surface area contributed by atoms with E-state index in [9.17, 15) is 19.7 Å². The predicted octanol–water partition coefficient (Wildman–Crippen LogP) is 4.78. The number of hydrogen-bond acceptors (Lipinski definition) is 8. The lowest BCUT2D eigenvalue weighted by atomic mass is 10.0. The second-order valence-electron chi connectivity index (χ2n) is 8.38. The normalized spacial score (nSPS) is 10.8. The van der Waals surface area contributed by atoms with Crippen LogP contribution in [0.3, 0.4) is 0 Å². The maximum atomic E-state index is 12.4. The Morgan fingerprint density at radius 3 is 2.41 bits per heavy atom. The van der Waals surface area contributed by atoms with Crippen molar-refractivity contribution in [1.29, 1.82) is 0 Å². The lowest BCUT2D eigenvalue weighted by molar-refractivity contribution is -0.384. The van der Waals surface area contributed by atoms with Gasteiger partial charge >= 0.3 is 5.97 Å². The SMILES string of the molecule is COc1cc(/C=N\NC(=O)COc2cc(C)ccc2C(C)C)ccc1OC(=O)c1ccc([N+](=O)[O-])cc1. The third-order valence-electron chi connectivity index (χ3n) is 5.26. The molecule has 3 rings (SSSR count). The molecule has 192 valence electrons. The van der Waals surface area contributed by atoms with E-state index in [-0.39, 0.29) is 35.3 Å². The zero-order valence-corrected chi connectivity index (χ0v) is 20.9. The minimum Gasteiger partial charge on any atom is -0.493 e. The monoisotopic (exact) mass is 505 g/mol. The molecule has 0 radical (unpaired) electrons. The Morgan fingerprint density at radius 2 is 1.76 bits per heavy atom. The van der Waals surface area contributed by atoms with Crippen LogP contribution in [-0.4, -0.2) is 36.7 Å². The molecule has 0 saturated heterocycles. The van der Waals surface area contributed by atoms with E-state index in [2.05, 4.69) is 24.4 Å². The zero-order valence-electron chi connectivity index (χ0n) is 20.9. The van der Waals surface area contributed by atoms with Gasteiger partial charge in [0.15, 0.2) is 18.1 Å². The van der Waals surface area contributed by atoms with Gasteiger partial charge in [-0.2, -0.15) is 5.10 Å². The van der Waals surface area contributed by atoms with Crippen molar-refractivity contribution in [1.82, 2.24) is 5.43 Å². The highest BCUT2D eigenvalue weighted by Crippen LogP contribution is 2.29. The first-order chi connectivity index (χ1) is 17.7. The molecule has 10 nitrogen and oxygen atoms in total. The van der Waals surface area contributed by atoms with Crippen LogP contribution >= 0.6 is 0 Å². The van der Waals surface area contributed by atoms with Crippen molar-refractivity contribution in [2.24, 2.45) is 5.10 Å². The summed E-state index contributed by atoms with van der Waals surface area (Å²) in [5.74, 6) is 0.207. The van der Waals surface area contributed by atoms with E-state index >= 15 is 0 Å². The van der Waals surface area contributed by atoms with E-state index in [1.165, 1.54) is 43.7 Å². The molecule has 1 N–H and O–H groups in total. The summed E-state index contributed by atoms with van der Waals surface area (Å²) in [5.41, 5.74) is 5.06. The fourth-order valence-electron chi connectivity index (χ4n) is 3.32. The Kier molecular flexibility index (Phi) is 8.93. The van der Waals surface area contributed by atoms with Crippen LogP contribution < -0.4 is 19.6 Å². The second-order valence-corrected chi connectivity index (χ2v) is 8.38. The number of ether oxygens (including phenoxy) is 3. The van der Waals surface area contributed by atoms with Gasteiger partial charge < -0.3 is 14.2 Å². The Labute approximate surface area is 214 Å². The molecular formula is C27H27N3O7. The van der Waals surface area contributed by atoms with Crippen LogP contribution in [0.1, 0.15) is 46.8 Å². The van der Waals surface area contributed by atoms with Crippen molar-refractivity contribution < 1.29 is 28.7 Å². The van der Waals surface area contributed by atoms with Crippen LogP contribution in [-0.2, 0) is 4.79 Å². The number of nitro groups is 1. The van der Waals surface area contributed by atoms with E-state index in [1.54, 1.807) is 12.1 Å². The number of hydrogen-bond donors (Lipinski definition) is 1. The maximum absolute atomic E-state index is 12.4. The van der Waals surface area contributed by atoms with E-state index in [4.69, 9.17) is 14.2 Å². The summed E-state index contributed by atoms with van der Waals surface area (Å²) in [6, 6.07) is 15.7. The summed E-state index contributed by atoms with van der Waals surface area (Å²) in [5, 5.41) is 14.7.